The smallest absolute Gasteiger partial charge is 0.0622 e. The van der Waals surface area contributed by atoms with E-state index in [0.29, 0.717) is 6.42 Å². The number of nitrogens with one attached hydrogen (secondary N) is 1. The number of rotatable bonds is 6. The summed E-state index contributed by atoms with van der Waals surface area (Å²) < 4.78 is 0. The fraction of sp³-hybridized carbons (Fsp3) is 0.545. The zero-order valence-corrected chi connectivity index (χ0v) is 9.36. The Kier molecular flexibility index (Phi) is 5.28. The Hall–Kier alpha value is -0.850. The maximum atomic E-state index is 8.36. The molecule has 2 nitrogen and oxygen atoms in total. The van der Waals surface area contributed by atoms with Crippen molar-refractivity contribution in [2.24, 2.45) is 0 Å². The highest BCUT2D eigenvalue weighted by atomic mass is 32.1. The fourth-order valence-electron chi connectivity index (χ4n) is 1.33. The first-order valence-corrected chi connectivity index (χ1v) is 5.89. The molecule has 0 aliphatic rings. The van der Waals surface area contributed by atoms with E-state index in [2.05, 4.69) is 29.8 Å². The standard InChI is InChI=1S/C11H16N2S/c1-2-10-5-8-14-11(10)9-13-7-4-3-6-12/h5,8,13H,2-4,7,9H2,1H3. The number of hydrogen-bond acceptors (Lipinski definition) is 3. The van der Waals surface area contributed by atoms with Gasteiger partial charge in [0.2, 0.25) is 0 Å². The van der Waals surface area contributed by atoms with E-state index >= 15 is 0 Å². The monoisotopic (exact) mass is 208 g/mol. The molecule has 1 aromatic heterocycles. The van der Waals surface area contributed by atoms with Gasteiger partial charge in [-0.15, -0.1) is 11.3 Å². The first kappa shape index (κ1) is 11.2. The average molecular weight is 208 g/mol. The molecule has 0 amide bonds. The van der Waals surface area contributed by atoms with Gasteiger partial charge in [0.1, 0.15) is 0 Å². The maximum Gasteiger partial charge on any atom is 0.0622 e. The molecule has 1 rings (SSSR count). The number of unbranched alkanes of at least 4 members (excludes halogenated alkanes) is 1. The van der Waals surface area contributed by atoms with E-state index in [9.17, 15) is 0 Å². The molecule has 0 fully saturated rings. The van der Waals surface area contributed by atoms with Crippen LogP contribution in [0.15, 0.2) is 11.4 Å². The predicted molar refractivity (Wildman–Crippen MR) is 60.3 cm³/mol. The van der Waals surface area contributed by atoms with Crippen molar-refractivity contribution in [2.45, 2.75) is 32.7 Å². The first-order valence-electron chi connectivity index (χ1n) is 5.01. The van der Waals surface area contributed by atoms with Crippen LogP contribution in [0.25, 0.3) is 0 Å². The van der Waals surface area contributed by atoms with Gasteiger partial charge in [-0.25, -0.2) is 0 Å². The molecule has 3 heteroatoms. The van der Waals surface area contributed by atoms with Gasteiger partial charge < -0.3 is 5.32 Å². The summed E-state index contributed by atoms with van der Waals surface area (Å²) in [4.78, 5) is 1.43. The van der Waals surface area contributed by atoms with E-state index in [1.807, 2.05) is 11.3 Å². The van der Waals surface area contributed by atoms with E-state index in [0.717, 1.165) is 25.9 Å². The van der Waals surface area contributed by atoms with Crippen LogP contribution in [0.2, 0.25) is 0 Å². The molecule has 76 valence electrons. The minimum Gasteiger partial charge on any atom is -0.312 e. The summed E-state index contributed by atoms with van der Waals surface area (Å²) in [5.74, 6) is 0. The van der Waals surface area contributed by atoms with Gasteiger partial charge in [0, 0.05) is 17.8 Å². The summed E-state index contributed by atoms with van der Waals surface area (Å²) >= 11 is 1.81. The summed E-state index contributed by atoms with van der Waals surface area (Å²) in [6.07, 6.45) is 2.71. The Morgan fingerprint density at radius 3 is 3.14 bits per heavy atom. The zero-order valence-electron chi connectivity index (χ0n) is 8.55. The van der Waals surface area contributed by atoms with Crippen LogP contribution in [-0.4, -0.2) is 6.54 Å². The van der Waals surface area contributed by atoms with Gasteiger partial charge >= 0.3 is 0 Å². The Morgan fingerprint density at radius 1 is 1.57 bits per heavy atom. The second-order valence-electron chi connectivity index (χ2n) is 3.16. The van der Waals surface area contributed by atoms with Gasteiger partial charge in [0.25, 0.3) is 0 Å². The van der Waals surface area contributed by atoms with E-state index in [1.165, 1.54) is 10.4 Å². The van der Waals surface area contributed by atoms with Gasteiger partial charge in [-0.2, -0.15) is 5.26 Å². The van der Waals surface area contributed by atoms with E-state index in [4.69, 9.17) is 5.26 Å². The van der Waals surface area contributed by atoms with E-state index in [-0.39, 0.29) is 0 Å². The molecular weight excluding hydrogens is 192 g/mol. The lowest BCUT2D eigenvalue weighted by molar-refractivity contribution is 0.660. The van der Waals surface area contributed by atoms with Gasteiger partial charge in [-0.3, -0.25) is 0 Å². The second-order valence-corrected chi connectivity index (χ2v) is 4.16. The fourth-order valence-corrected chi connectivity index (χ4v) is 2.28. The number of nitriles is 1. The van der Waals surface area contributed by atoms with Crippen molar-refractivity contribution in [3.05, 3.63) is 21.9 Å². The molecule has 0 unspecified atom stereocenters. The Balaban J connectivity index is 2.21. The van der Waals surface area contributed by atoms with Crippen LogP contribution in [0.5, 0.6) is 0 Å². The quantitative estimate of drug-likeness (QED) is 0.730. The minimum absolute atomic E-state index is 0.651. The number of hydrogen-bond donors (Lipinski definition) is 1. The van der Waals surface area contributed by atoms with Gasteiger partial charge in [-0.05, 0) is 36.4 Å². The lowest BCUT2D eigenvalue weighted by atomic mass is 10.2. The van der Waals surface area contributed by atoms with Crippen LogP contribution in [0.4, 0.5) is 0 Å². The van der Waals surface area contributed by atoms with Crippen LogP contribution in [0.3, 0.4) is 0 Å². The molecular formula is C11H16N2S. The molecule has 1 N–H and O–H groups in total. The SMILES string of the molecule is CCc1ccsc1CNCCCC#N. The molecule has 0 aromatic carbocycles. The van der Waals surface area contributed by atoms with Crippen LogP contribution in [-0.2, 0) is 13.0 Å². The second kappa shape index (κ2) is 6.58. The summed E-state index contributed by atoms with van der Waals surface area (Å²) in [5, 5.41) is 13.9. The van der Waals surface area contributed by atoms with Crippen molar-refractivity contribution in [1.29, 1.82) is 5.26 Å². The first-order chi connectivity index (χ1) is 6.88. The van der Waals surface area contributed by atoms with Crippen molar-refractivity contribution in [3.8, 4) is 6.07 Å². The van der Waals surface area contributed by atoms with Gasteiger partial charge in [0.05, 0.1) is 6.07 Å². The normalized spacial score (nSPS) is 10.0. The molecule has 0 atom stereocenters. The van der Waals surface area contributed by atoms with Crippen molar-refractivity contribution < 1.29 is 0 Å². The highest BCUT2D eigenvalue weighted by molar-refractivity contribution is 7.10. The molecule has 0 saturated heterocycles. The topological polar surface area (TPSA) is 35.8 Å². The van der Waals surface area contributed by atoms with E-state index < -0.39 is 0 Å². The van der Waals surface area contributed by atoms with E-state index in [1.54, 1.807) is 0 Å². The third-order valence-corrected chi connectivity index (χ3v) is 3.11. The maximum absolute atomic E-state index is 8.36. The molecule has 0 saturated carbocycles. The number of thiophene rings is 1. The molecule has 1 heterocycles. The minimum atomic E-state index is 0.651. The number of aryl methyl sites for hydroxylation is 1. The molecule has 0 spiro atoms. The summed E-state index contributed by atoms with van der Waals surface area (Å²) in [6, 6.07) is 4.34. The lowest BCUT2D eigenvalue weighted by Crippen LogP contribution is -2.14. The van der Waals surface area contributed by atoms with Crippen LogP contribution >= 0.6 is 11.3 Å². The zero-order chi connectivity index (χ0) is 10.2. The molecule has 0 aliphatic heterocycles. The third-order valence-electron chi connectivity index (χ3n) is 2.15. The summed E-state index contributed by atoms with van der Waals surface area (Å²) in [7, 11) is 0. The Morgan fingerprint density at radius 2 is 2.43 bits per heavy atom. The van der Waals surface area contributed by atoms with Crippen molar-refractivity contribution in [3.63, 3.8) is 0 Å². The Labute approximate surface area is 89.6 Å². The third kappa shape index (κ3) is 3.49. The van der Waals surface area contributed by atoms with Crippen LogP contribution in [0, 0.1) is 11.3 Å². The van der Waals surface area contributed by atoms with Crippen LogP contribution in [0.1, 0.15) is 30.2 Å². The largest absolute Gasteiger partial charge is 0.312 e. The highest BCUT2D eigenvalue weighted by Crippen LogP contribution is 2.16. The van der Waals surface area contributed by atoms with Crippen molar-refractivity contribution in [1.82, 2.24) is 5.32 Å². The average Bonchev–Trinajstić information content (AvgIpc) is 2.65. The van der Waals surface area contributed by atoms with Gasteiger partial charge in [-0.1, -0.05) is 6.92 Å². The van der Waals surface area contributed by atoms with Crippen molar-refractivity contribution in [2.75, 3.05) is 6.54 Å². The Bertz CT molecular complexity index is 298. The molecule has 1 aromatic rings. The molecule has 14 heavy (non-hydrogen) atoms. The molecule has 0 radical (unpaired) electrons. The van der Waals surface area contributed by atoms with Crippen LogP contribution < -0.4 is 5.32 Å². The number of nitrogens with zero attached hydrogens (tertiary/aromatic N) is 1. The molecule has 0 aliphatic carbocycles. The summed E-state index contributed by atoms with van der Waals surface area (Å²) in [5.41, 5.74) is 1.45. The molecule has 0 bridgehead atoms. The highest BCUT2D eigenvalue weighted by Gasteiger charge is 2.00. The van der Waals surface area contributed by atoms with Crippen molar-refractivity contribution >= 4 is 11.3 Å². The summed E-state index contributed by atoms with van der Waals surface area (Å²) in [6.45, 7) is 4.07. The van der Waals surface area contributed by atoms with Gasteiger partial charge in [0.15, 0.2) is 0 Å². The predicted octanol–water partition coefficient (Wildman–Crippen LogP) is 2.70. The lowest BCUT2D eigenvalue weighted by Gasteiger charge is -2.03.